The van der Waals surface area contributed by atoms with E-state index in [1.54, 1.807) is 12.1 Å². The van der Waals surface area contributed by atoms with E-state index in [1.807, 2.05) is 38.9 Å². The quantitative estimate of drug-likeness (QED) is 0.531. The Morgan fingerprint density at radius 2 is 2.04 bits per heavy atom. The molecule has 1 heterocycles. The Morgan fingerprint density at radius 1 is 1.32 bits per heavy atom. The fourth-order valence-corrected chi connectivity index (χ4v) is 2.46. The molecule has 1 aliphatic rings. The molecule has 1 aromatic carbocycles. The molecule has 1 aliphatic heterocycles. The van der Waals surface area contributed by atoms with Crippen molar-refractivity contribution in [1.82, 2.24) is 10.6 Å². The van der Waals surface area contributed by atoms with Crippen molar-refractivity contribution in [3.8, 4) is 0 Å². The number of amides is 1. The molecule has 2 N–H and O–H groups in total. The number of halogens is 2. The summed E-state index contributed by atoms with van der Waals surface area (Å²) in [7, 11) is 1.87. The van der Waals surface area contributed by atoms with E-state index in [9.17, 15) is 9.59 Å². The van der Waals surface area contributed by atoms with Crippen molar-refractivity contribution in [2.24, 2.45) is 5.10 Å². The van der Waals surface area contributed by atoms with E-state index in [1.165, 1.54) is 0 Å². The van der Waals surface area contributed by atoms with E-state index in [2.05, 4.69) is 20.5 Å². The fraction of sp³-hybridized carbons (Fsp3) is 0.526. The molecule has 1 aromatic rings. The number of anilines is 1. The molecule has 1 amide bonds. The summed E-state index contributed by atoms with van der Waals surface area (Å²) in [5, 5.41) is 13.1. The van der Waals surface area contributed by atoms with E-state index in [4.69, 9.17) is 23.2 Å². The lowest BCUT2D eigenvalue weighted by Crippen LogP contribution is -2.29. The standard InChI is InChI=1S/C14H18Cl2N4O.C5H10O2/c1-17-7-2-3-14(21)18-13-6-8-20(19-13)10-4-5-11(15)12(16)9-10;1-5(2,3)7-4-6/h4-5,9,17H,2-3,6-8H2,1H3,(H,18,19,21);4H,1-3H3. The summed E-state index contributed by atoms with van der Waals surface area (Å²) < 4.78 is 4.55. The third-order valence-corrected chi connectivity index (χ3v) is 4.26. The number of hydrogen-bond donors (Lipinski definition) is 2. The normalized spacial score (nSPS) is 13.4. The summed E-state index contributed by atoms with van der Waals surface area (Å²) in [6, 6.07) is 5.36. The minimum absolute atomic E-state index is 0.0000106. The van der Waals surface area contributed by atoms with Crippen LogP contribution in [0.25, 0.3) is 0 Å². The number of carbonyl (C=O) groups excluding carboxylic acids is 2. The second-order valence-electron chi connectivity index (χ2n) is 7.10. The van der Waals surface area contributed by atoms with Gasteiger partial charge in [-0.25, -0.2) is 0 Å². The Hall–Kier alpha value is -1.83. The van der Waals surface area contributed by atoms with Gasteiger partial charge in [0.1, 0.15) is 11.4 Å². The van der Waals surface area contributed by atoms with Crippen LogP contribution in [0, 0.1) is 0 Å². The number of benzene rings is 1. The molecule has 0 saturated carbocycles. The van der Waals surface area contributed by atoms with E-state index >= 15 is 0 Å². The monoisotopic (exact) mass is 430 g/mol. The molecular weight excluding hydrogens is 403 g/mol. The fourth-order valence-electron chi connectivity index (χ4n) is 2.17. The van der Waals surface area contributed by atoms with Crippen LogP contribution in [0.1, 0.15) is 40.0 Å². The highest BCUT2D eigenvalue weighted by Crippen LogP contribution is 2.28. The first kappa shape index (κ1) is 24.2. The van der Waals surface area contributed by atoms with Crippen LogP contribution in [-0.2, 0) is 14.3 Å². The van der Waals surface area contributed by atoms with Crippen molar-refractivity contribution in [3.63, 3.8) is 0 Å². The minimum atomic E-state index is -0.318. The molecule has 0 aliphatic carbocycles. The van der Waals surface area contributed by atoms with Crippen LogP contribution in [-0.4, -0.2) is 44.0 Å². The largest absolute Gasteiger partial charge is 0.462 e. The van der Waals surface area contributed by atoms with Crippen molar-refractivity contribution >= 4 is 47.1 Å². The van der Waals surface area contributed by atoms with Crippen LogP contribution in [0.5, 0.6) is 0 Å². The highest BCUT2D eigenvalue weighted by molar-refractivity contribution is 6.42. The molecule has 0 fully saturated rings. The lowest BCUT2D eigenvalue weighted by atomic mass is 10.2. The van der Waals surface area contributed by atoms with Gasteiger partial charge in [-0.05, 0) is 59.0 Å². The minimum Gasteiger partial charge on any atom is -0.462 e. The maximum Gasteiger partial charge on any atom is 0.293 e. The molecule has 0 aromatic heterocycles. The topological polar surface area (TPSA) is 83.0 Å². The summed E-state index contributed by atoms with van der Waals surface area (Å²) in [6.07, 6.45) is 2.01. The predicted molar refractivity (Wildman–Crippen MR) is 114 cm³/mol. The van der Waals surface area contributed by atoms with Gasteiger partial charge in [-0.15, -0.1) is 0 Å². The van der Waals surface area contributed by atoms with Crippen LogP contribution in [0.3, 0.4) is 0 Å². The van der Waals surface area contributed by atoms with Gasteiger partial charge in [0.2, 0.25) is 5.91 Å². The molecule has 0 bridgehead atoms. The smallest absolute Gasteiger partial charge is 0.293 e. The first-order valence-electron chi connectivity index (χ1n) is 9.02. The van der Waals surface area contributed by atoms with Gasteiger partial charge in [0.15, 0.2) is 0 Å². The highest BCUT2D eigenvalue weighted by atomic mass is 35.5. The van der Waals surface area contributed by atoms with Gasteiger partial charge in [-0.2, -0.15) is 5.10 Å². The molecule has 28 heavy (non-hydrogen) atoms. The number of amidine groups is 1. The summed E-state index contributed by atoms with van der Waals surface area (Å²) in [5.74, 6) is 0.690. The van der Waals surface area contributed by atoms with Gasteiger partial charge in [0, 0.05) is 19.4 Å². The molecule has 0 saturated heterocycles. The summed E-state index contributed by atoms with van der Waals surface area (Å²) >= 11 is 11.9. The Bertz CT molecular complexity index is 690. The molecule has 7 nitrogen and oxygen atoms in total. The van der Waals surface area contributed by atoms with E-state index in [0.29, 0.717) is 41.7 Å². The van der Waals surface area contributed by atoms with Gasteiger partial charge in [-0.3, -0.25) is 14.6 Å². The van der Waals surface area contributed by atoms with Gasteiger partial charge >= 0.3 is 0 Å². The number of ether oxygens (including phenoxy) is 1. The van der Waals surface area contributed by atoms with E-state index < -0.39 is 0 Å². The van der Waals surface area contributed by atoms with Gasteiger partial charge in [0.05, 0.1) is 15.7 Å². The average Bonchev–Trinajstić information content (AvgIpc) is 3.05. The summed E-state index contributed by atoms with van der Waals surface area (Å²) in [5.41, 5.74) is 0.547. The average molecular weight is 431 g/mol. The second-order valence-corrected chi connectivity index (χ2v) is 7.91. The maximum atomic E-state index is 11.7. The van der Waals surface area contributed by atoms with Crippen LogP contribution >= 0.6 is 23.2 Å². The number of nitrogens with one attached hydrogen (secondary N) is 2. The van der Waals surface area contributed by atoms with Crippen molar-refractivity contribution in [1.29, 1.82) is 0 Å². The van der Waals surface area contributed by atoms with Crippen LogP contribution in [0.15, 0.2) is 23.3 Å². The van der Waals surface area contributed by atoms with Gasteiger partial charge in [0.25, 0.3) is 6.47 Å². The maximum absolute atomic E-state index is 11.7. The van der Waals surface area contributed by atoms with Crippen molar-refractivity contribution < 1.29 is 14.3 Å². The number of hydrogen-bond acceptors (Lipinski definition) is 6. The number of nitrogens with zero attached hydrogens (tertiary/aromatic N) is 2. The Morgan fingerprint density at radius 3 is 2.57 bits per heavy atom. The van der Waals surface area contributed by atoms with Crippen LogP contribution in [0.2, 0.25) is 10.0 Å². The van der Waals surface area contributed by atoms with Gasteiger partial charge in [-0.1, -0.05) is 23.2 Å². The predicted octanol–water partition coefficient (Wildman–Crippen LogP) is 3.59. The number of rotatable bonds is 6. The molecule has 0 spiro atoms. The van der Waals surface area contributed by atoms with Crippen molar-refractivity contribution in [2.45, 2.75) is 45.6 Å². The molecular formula is C19H28Cl2N4O3. The van der Waals surface area contributed by atoms with Crippen LogP contribution < -0.4 is 15.6 Å². The molecule has 156 valence electrons. The molecule has 2 rings (SSSR count). The van der Waals surface area contributed by atoms with E-state index in [0.717, 1.165) is 18.7 Å². The Labute approximate surface area is 176 Å². The lowest BCUT2D eigenvalue weighted by molar-refractivity contribution is -0.138. The SMILES string of the molecule is CC(C)(C)OC=O.CNCCCC(=O)NC1=NN(c2ccc(Cl)c(Cl)c2)CC1. The Kier molecular flexibility index (Phi) is 10.3. The molecule has 0 atom stereocenters. The highest BCUT2D eigenvalue weighted by Gasteiger charge is 2.18. The lowest BCUT2D eigenvalue weighted by Gasteiger charge is -2.14. The summed E-state index contributed by atoms with van der Waals surface area (Å²) in [6.45, 7) is 7.46. The number of hydrazone groups is 1. The third-order valence-electron chi connectivity index (χ3n) is 3.52. The molecule has 9 heteroatoms. The van der Waals surface area contributed by atoms with Crippen molar-refractivity contribution in [3.05, 3.63) is 28.2 Å². The first-order valence-corrected chi connectivity index (χ1v) is 9.78. The second kappa shape index (κ2) is 11.9. The molecule has 0 radical (unpaired) electrons. The van der Waals surface area contributed by atoms with Crippen molar-refractivity contribution in [2.75, 3.05) is 25.1 Å². The van der Waals surface area contributed by atoms with Crippen LogP contribution in [0.4, 0.5) is 5.69 Å². The first-order chi connectivity index (χ1) is 13.2. The molecule has 0 unspecified atom stereocenters. The third kappa shape index (κ3) is 9.39. The Balaban J connectivity index is 0.000000480. The van der Waals surface area contributed by atoms with E-state index in [-0.39, 0.29) is 11.5 Å². The zero-order valence-corrected chi connectivity index (χ0v) is 18.2. The number of carbonyl (C=O) groups is 2. The zero-order chi connectivity index (χ0) is 21.2. The van der Waals surface area contributed by atoms with Gasteiger partial charge < -0.3 is 15.4 Å². The zero-order valence-electron chi connectivity index (χ0n) is 16.7. The summed E-state index contributed by atoms with van der Waals surface area (Å²) in [4.78, 5) is 21.3.